The van der Waals surface area contributed by atoms with Gasteiger partial charge in [0.2, 0.25) is 23.6 Å². The zero-order chi connectivity index (χ0) is 34.9. The molecule has 0 unspecified atom stereocenters. The molecular formula is C40H32Cl2N2O6. The van der Waals surface area contributed by atoms with Gasteiger partial charge in [0, 0.05) is 28.1 Å². The summed E-state index contributed by atoms with van der Waals surface area (Å²) < 4.78 is 0. The normalized spacial score (nSPS) is 27.2. The summed E-state index contributed by atoms with van der Waals surface area (Å²) in [6.07, 6.45) is 2.78. The first-order valence-corrected chi connectivity index (χ1v) is 17.4. The van der Waals surface area contributed by atoms with Gasteiger partial charge in [-0.05, 0) is 84.8 Å². The fourth-order valence-electron chi connectivity index (χ4n) is 9.03. The summed E-state index contributed by atoms with van der Waals surface area (Å²) in [6, 6.07) is 27.0. The van der Waals surface area contributed by atoms with E-state index in [0.29, 0.717) is 33.3 Å². The Hall–Kier alpha value is -4.92. The van der Waals surface area contributed by atoms with E-state index in [0.717, 1.165) is 11.1 Å². The van der Waals surface area contributed by atoms with Crippen molar-refractivity contribution in [1.29, 1.82) is 0 Å². The Bertz CT molecular complexity index is 2100. The molecule has 2 saturated heterocycles. The van der Waals surface area contributed by atoms with Crippen LogP contribution in [0.15, 0.2) is 109 Å². The number of carbonyl (C=O) groups is 4. The Labute approximate surface area is 298 Å². The van der Waals surface area contributed by atoms with Crippen molar-refractivity contribution >= 4 is 52.5 Å². The van der Waals surface area contributed by atoms with Crippen LogP contribution in [0.2, 0.25) is 10.0 Å². The van der Waals surface area contributed by atoms with Gasteiger partial charge in [0.1, 0.15) is 11.5 Å². The van der Waals surface area contributed by atoms with Crippen LogP contribution in [-0.4, -0.2) is 45.3 Å². The minimum absolute atomic E-state index is 0.0945. The molecule has 0 bridgehead atoms. The lowest BCUT2D eigenvalue weighted by molar-refractivity contribution is -0.140. The highest BCUT2D eigenvalue weighted by atomic mass is 35.5. The van der Waals surface area contributed by atoms with Crippen LogP contribution in [0.25, 0.3) is 0 Å². The van der Waals surface area contributed by atoms with Crippen molar-refractivity contribution in [2.24, 2.45) is 23.7 Å². The minimum atomic E-state index is -1.51. The molecule has 50 heavy (non-hydrogen) atoms. The fraction of sp³-hybridized carbons (Fsp3) is 0.250. The van der Waals surface area contributed by atoms with Gasteiger partial charge < -0.3 is 10.2 Å². The van der Waals surface area contributed by atoms with Gasteiger partial charge in [-0.15, -0.1) is 0 Å². The average molecular weight is 708 g/mol. The number of likely N-dealkylation sites (tertiary alicyclic amines) is 1. The molecule has 2 aliphatic heterocycles. The van der Waals surface area contributed by atoms with Crippen LogP contribution in [0.4, 0.5) is 5.69 Å². The highest BCUT2D eigenvalue weighted by molar-refractivity contribution is 6.32. The van der Waals surface area contributed by atoms with E-state index < -0.39 is 46.8 Å². The third-order valence-corrected chi connectivity index (χ3v) is 11.6. The first-order valence-electron chi connectivity index (χ1n) is 16.6. The van der Waals surface area contributed by atoms with Gasteiger partial charge in [-0.2, -0.15) is 0 Å². The smallest absolute Gasteiger partial charge is 0.246 e. The lowest BCUT2D eigenvalue weighted by atomic mass is 9.49. The first-order chi connectivity index (χ1) is 24.1. The molecule has 2 aliphatic carbocycles. The van der Waals surface area contributed by atoms with Gasteiger partial charge >= 0.3 is 0 Å². The molecule has 0 aromatic heterocycles. The zero-order valence-corrected chi connectivity index (χ0v) is 28.2. The van der Waals surface area contributed by atoms with Gasteiger partial charge in [-0.25, -0.2) is 4.90 Å². The summed E-state index contributed by atoms with van der Waals surface area (Å²) in [5.74, 6) is -5.20. The number of hydrogen-bond acceptors (Lipinski definition) is 6. The Morgan fingerprint density at radius 1 is 0.760 bits per heavy atom. The molecule has 4 aliphatic rings. The van der Waals surface area contributed by atoms with Crippen LogP contribution in [0.3, 0.4) is 0 Å². The van der Waals surface area contributed by atoms with Crippen molar-refractivity contribution in [3.8, 4) is 11.5 Å². The van der Waals surface area contributed by atoms with Crippen LogP contribution in [0.5, 0.6) is 11.5 Å². The summed E-state index contributed by atoms with van der Waals surface area (Å²) in [4.78, 5) is 60.8. The summed E-state index contributed by atoms with van der Waals surface area (Å²) in [6.45, 7) is 0.174. The number of anilines is 1. The van der Waals surface area contributed by atoms with E-state index in [-0.39, 0.29) is 42.7 Å². The number of fused-ring (bicyclic) bond motifs is 4. The number of nitrogens with zero attached hydrogens (tertiary/aromatic N) is 2. The Kier molecular flexibility index (Phi) is 7.84. The predicted octanol–water partition coefficient (Wildman–Crippen LogP) is 6.81. The fourth-order valence-corrected chi connectivity index (χ4v) is 9.40. The molecule has 0 spiro atoms. The zero-order valence-electron chi connectivity index (χ0n) is 26.7. The highest BCUT2D eigenvalue weighted by Gasteiger charge is 2.70. The van der Waals surface area contributed by atoms with E-state index in [2.05, 4.69) is 0 Å². The second-order valence-electron chi connectivity index (χ2n) is 13.5. The van der Waals surface area contributed by atoms with Gasteiger partial charge in [-0.1, -0.05) is 83.4 Å². The number of benzene rings is 4. The van der Waals surface area contributed by atoms with Crippen molar-refractivity contribution in [2.45, 2.75) is 30.6 Å². The minimum Gasteiger partial charge on any atom is -0.508 e. The number of imide groups is 2. The Morgan fingerprint density at radius 3 is 2.24 bits per heavy atom. The van der Waals surface area contributed by atoms with Crippen LogP contribution >= 0.6 is 23.2 Å². The summed E-state index contributed by atoms with van der Waals surface area (Å²) in [7, 11) is 0. The molecule has 3 fully saturated rings. The maximum absolute atomic E-state index is 15.3. The number of rotatable bonds is 6. The largest absolute Gasteiger partial charge is 0.508 e. The standard InChI is InChI=1S/C40H32Cl2N2O6/c41-24-7-4-8-26(19-24)44-37(48)32-21-30-28(14-15-29-34(30)38(49)43(36(29)47)18-17-22-9-12-27(45)13-10-22)35(31-20-25(42)11-16-33(31)46)40(32,39(44)50)23-5-2-1-3-6-23/h1-14,16,19-20,29-30,32,34-35,45-46H,15,17-18,21H2/t29-,30+,32-,34-,35+,40+/m0/s1. The van der Waals surface area contributed by atoms with E-state index in [9.17, 15) is 24.6 Å². The summed E-state index contributed by atoms with van der Waals surface area (Å²) in [5, 5.41) is 21.9. The molecular weight excluding hydrogens is 675 g/mol. The van der Waals surface area contributed by atoms with Crippen LogP contribution < -0.4 is 4.90 Å². The number of phenolic OH excluding ortho intramolecular Hbond substituents is 2. The number of halogens is 2. The van der Waals surface area contributed by atoms with Crippen LogP contribution in [0.1, 0.15) is 35.4 Å². The molecule has 4 aromatic rings. The quantitative estimate of drug-likeness (QED) is 0.168. The third kappa shape index (κ3) is 4.80. The molecule has 10 heteroatoms. The number of hydrogen-bond donors (Lipinski definition) is 2. The Balaban J connectivity index is 1.29. The molecule has 8 rings (SSSR count). The van der Waals surface area contributed by atoms with Gasteiger partial charge in [0.25, 0.3) is 0 Å². The maximum atomic E-state index is 15.3. The van der Waals surface area contributed by atoms with Gasteiger partial charge in [0.15, 0.2) is 0 Å². The topological polar surface area (TPSA) is 115 Å². The molecule has 2 N–H and O–H groups in total. The average Bonchev–Trinajstić information content (AvgIpc) is 3.50. The van der Waals surface area contributed by atoms with Crippen molar-refractivity contribution in [3.05, 3.63) is 135 Å². The second-order valence-corrected chi connectivity index (χ2v) is 14.4. The first kappa shape index (κ1) is 32.3. The molecule has 2 heterocycles. The number of allylic oxidation sites excluding steroid dienone is 2. The summed E-state index contributed by atoms with van der Waals surface area (Å²) >= 11 is 12.9. The molecule has 6 atom stereocenters. The van der Waals surface area contributed by atoms with E-state index in [4.69, 9.17) is 23.2 Å². The third-order valence-electron chi connectivity index (χ3n) is 11.1. The molecule has 0 radical (unpaired) electrons. The SMILES string of the molecule is O=C1[C@H]2[C@H](CC=C3[C@H]2C[C@H]2C(=O)N(c4cccc(Cl)c4)C(=O)[C@@]2(c2ccccc2)[C@H]3c2cc(Cl)ccc2O)C(=O)N1CCc1ccc(O)cc1. The number of carbonyl (C=O) groups excluding carboxylic acids is 4. The lowest BCUT2D eigenvalue weighted by Crippen LogP contribution is -2.53. The predicted molar refractivity (Wildman–Crippen MR) is 188 cm³/mol. The van der Waals surface area contributed by atoms with Gasteiger partial charge in [-0.3, -0.25) is 24.1 Å². The molecule has 8 nitrogen and oxygen atoms in total. The van der Waals surface area contributed by atoms with Gasteiger partial charge in [0.05, 0.1) is 28.9 Å². The molecule has 4 amide bonds. The molecule has 1 saturated carbocycles. The maximum Gasteiger partial charge on any atom is 0.246 e. The van der Waals surface area contributed by atoms with E-state index in [1.807, 2.05) is 36.4 Å². The summed E-state index contributed by atoms with van der Waals surface area (Å²) in [5.41, 5.74) is 1.39. The Morgan fingerprint density at radius 2 is 1.50 bits per heavy atom. The number of aromatic hydroxyl groups is 2. The van der Waals surface area contributed by atoms with Crippen molar-refractivity contribution in [2.75, 3.05) is 11.4 Å². The van der Waals surface area contributed by atoms with E-state index in [1.54, 1.807) is 60.7 Å². The van der Waals surface area contributed by atoms with Crippen molar-refractivity contribution < 1.29 is 29.4 Å². The number of phenols is 2. The van der Waals surface area contributed by atoms with Crippen LogP contribution in [-0.2, 0) is 31.0 Å². The highest BCUT2D eigenvalue weighted by Crippen LogP contribution is 2.65. The van der Waals surface area contributed by atoms with E-state index >= 15 is 4.79 Å². The van der Waals surface area contributed by atoms with Crippen molar-refractivity contribution in [3.63, 3.8) is 0 Å². The lowest BCUT2D eigenvalue weighted by Gasteiger charge is -2.50. The molecule has 252 valence electrons. The number of amides is 4. The second kappa shape index (κ2) is 12.1. The monoisotopic (exact) mass is 706 g/mol. The van der Waals surface area contributed by atoms with Crippen molar-refractivity contribution in [1.82, 2.24) is 4.90 Å². The molecule has 4 aromatic carbocycles. The van der Waals surface area contributed by atoms with Crippen LogP contribution in [0, 0.1) is 23.7 Å². The van der Waals surface area contributed by atoms with E-state index in [1.165, 1.54) is 15.9 Å².